The maximum Gasteiger partial charge on any atom is 0.225 e. The number of benzene rings is 1. The van der Waals surface area contributed by atoms with Crippen molar-refractivity contribution in [2.24, 2.45) is 11.8 Å². The number of carbonyl (C=O) groups is 1. The molecule has 0 unspecified atom stereocenters. The Morgan fingerprint density at radius 1 is 1.28 bits per heavy atom. The highest BCUT2D eigenvalue weighted by Crippen LogP contribution is 2.18. The molecule has 0 fully saturated rings. The highest BCUT2D eigenvalue weighted by molar-refractivity contribution is 7.09. The minimum atomic E-state index is 0.00140. The minimum Gasteiger partial charge on any atom is -0.486 e. The molecule has 0 saturated carbocycles. The molecule has 0 spiro atoms. The summed E-state index contributed by atoms with van der Waals surface area (Å²) in [5.74, 6) is 1.47. The monoisotopic (exact) mass is 360 g/mol. The van der Waals surface area contributed by atoms with Gasteiger partial charge in [-0.1, -0.05) is 39.8 Å². The maximum absolute atomic E-state index is 12.4. The summed E-state index contributed by atoms with van der Waals surface area (Å²) in [4.78, 5) is 19.0. The molecule has 0 N–H and O–H groups in total. The van der Waals surface area contributed by atoms with Crippen LogP contribution in [-0.4, -0.2) is 22.3 Å². The van der Waals surface area contributed by atoms with Crippen molar-refractivity contribution in [1.29, 1.82) is 0 Å². The number of carbonyl (C=O) groups excluding carboxylic acids is 1. The van der Waals surface area contributed by atoms with E-state index in [0.717, 1.165) is 23.0 Å². The molecule has 0 aliphatic heterocycles. The average Bonchev–Trinajstić information content (AvgIpc) is 2.98. The molecule has 0 saturated heterocycles. The Morgan fingerprint density at radius 2 is 2.04 bits per heavy atom. The Balaban J connectivity index is 1.97. The van der Waals surface area contributed by atoms with Gasteiger partial charge in [-0.25, -0.2) is 4.98 Å². The zero-order chi connectivity index (χ0) is 18.4. The molecule has 4 nitrogen and oxygen atoms in total. The Kier molecular flexibility index (Phi) is 7.00. The number of amides is 1. The maximum atomic E-state index is 12.4. The van der Waals surface area contributed by atoms with E-state index in [0.29, 0.717) is 19.1 Å². The Hall–Kier alpha value is -1.88. The molecule has 0 radical (unpaired) electrons. The van der Waals surface area contributed by atoms with Gasteiger partial charge in [0.2, 0.25) is 5.91 Å². The van der Waals surface area contributed by atoms with Gasteiger partial charge in [-0.2, -0.15) is 0 Å². The largest absolute Gasteiger partial charge is 0.486 e. The molecule has 0 bridgehead atoms. The first kappa shape index (κ1) is 19.4. The van der Waals surface area contributed by atoms with Gasteiger partial charge in [0.1, 0.15) is 17.4 Å². The summed E-state index contributed by atoms with van der Waals surface area (Å²) < 4.78 is 5.81. The first-order chi connectivity index (χ1) is 11.8. The molecule has 1 aromatic heterocycles. The lowest BCUT2D eigenvalue weighted by molar-refractivity contribution is -0.135. The molecular weight excluding hydrogens is 332 g/mol. The Labute approximate surface area is 154 Å². The van der Waals surface area contributed by atoms with E-state index in [1.165, 1.54) is 5.56 Å². The molecule has 0 aliphatic rings. The lowest BCUT2D eigenvalue weighted by Gasteiger charge is -2.25. The molecule has 0 aliphatic carbocycles. The number of aryl methyl sites for hydroxylation is 1. The predicted octanol–water partition coefficient (Wildman–Crippen LogP) is 4.67. The normalized spacial score (nSPS) is 11.2. The van der Waals surface area contributed by atoms with Crippen molar-refractivity contribution in [3.63, 3.8) is 0 Å². The highest BCUT2D eigenvalue weighted by Gasteiger charge is 2.19. The predicted molar refractivity (Wildman–Crippen MR) is 103 cm³/mol. The zero-order valence-corrected chi connectivity index (χ0v) is 16.6. The van der Waals surface area contributed by atoms with E-state index in [-0.39, 0.29) is 11.8 Å². The SMILES string of the molecule is Cc1cccc(OCc2nc(CN(CC(C)C)C(=O)C(C)C)cs2)c1. The zero-order valence-electron chi connectivity index (χ0n) is 15.8. The third-order valence-corrected chi connectivity index (χ3v) is 4.57. The molecular formula is C20H28N2O2S. The number of hydrogen-bond donors (Lipinski definition) is 0. The summed E-state index contributed by atoms with van der Waals surface area (Å²) in [6, 6.07) is 8.00. The van der Waals surface area contributed by atoms with Crippen molar-refractivity contribution < 1.29 is 9.53 Å². The van der Waals surface area contributed by atoms with Crippen molar-refractivity contribution in [1.82, 2.24) is 9.88 Å². The van der Waals surface area contributed by atoms with Crippen LogP contribution in [0.15, 0.2) is 29.6 Å². The lowest BCUT2D eigenvalue weighted by atomic mass is 10.1. The summed E-state index contributed by atoms with van der Waals surface area (Å²) in [5.41, 5.74) is 2.11. The number of thiazole rings is 1. The number of aromatic nitrogens is 1. The molecule has 5 heteroatoms. The van der Waals surface area contributed by atoms with Gasteiger partial charge in [0, 0.05) is 17.8 Å². The van der Waals surface area contributed by atoms with Crippen LogP contribution in [0.25, 0.3) is 0 Å². The van der Waals surface area contributed by atoms with Crippen molar-refractivity contribution in [3.8, 4) is 5.75 Å². The quantitative estimate of drug-likeness (QED) is 0.687. The molecule has 1 aromatic carbocycles. The number of ether oxygens (including phenoxy) is 1. The average molecular weight is 361 g/mol. The fourth-order valence-electron chi connectivity index (χ4n) is 2.57. The molecule has 136 valence electrons. The molecule has 2 aromatic rings. The standard InChI is InChI=1S/C20H28N2O2S/c1-14(2)10-22(20(23)15(3)4)11-17-13-25-19(21-17)12-24-18-8-6-7-16(5)9-18/h6-9,13-15H,10-12H2,1-5H3. The first-order valence-corrected chi connectivity index (χ1v) is 9.64. The van der Waals surface area contributed by atoms with E-state index >= 15 is 0 Å². The van der Waals surface area contributed by atoms with Gasteiger partial charge in [0.05, 0.1) is 12.2 Å². The first-order valence-electron chi connectivity index (χ1n) is 8.76. The van der Waals surface area contributed by atoms with Crippen LogP contribution in [0.4, 0.5) is 0 Å². The Bertz CT molecular complexity index is 695. The van der Waals surface area contributed by atoms with Gasteiger partial charge in [-0.05, 0) is 30.5 Å². The van der Waals surface area contributed by atoms with E-state index in [2.05, 4.69) is 18.8 Å². The topological polar surface area (TPSA) is 42.4 Å². The van der Waals surface area contributed by atoms with Crippen molar-refractivity contribution in [2.45, 2.75) is 47.8 Å². The van der Waals surface area contributed by atoms with E-state index in [9.17, 15) is 4.79 Å². The van der Waals surface area contributed by atoms with E-state index in [1.54, 1.807) is 11.3 Å². The van der Waals surface area contributed by atoms with Crippen molar-refractivity contribution in [3.05, 3.63) is 45.9 Å². The van der Waals surface area contributed by atoms with Gasteiger partial charge in [0.25, 0.3) is 0 Å². The second kappa shape index (κ2) is 8.99. The van der Waals surface area contributed by atoms with Crippen LogP contribution in [-0.2, 0) is 17.9 Å². The van der Waals surface area contributed by atoms with Crippen molar-refractivity contribution in [2.75, 3.05) is 6.54 Å². The summed E-state index contributed by atoms with van der Waals surface area (Å²) in [7, 11) is 0. The van der Waals surface area contributed by atoms with Crippen LogP contribution in [0.1, 0.15) is 44.0 Å². The summed E-state index contributed by atoms with van der Waals surface area (Å²) in [6.07, 6.45) is 0. The van der Waals surface area contributed by atoms with Crippen LogP contribution >= 0.6 is 11.3 Å². The smallest absolute Gasteiger partial charge is 0.225 e. The third kappa shape index (κ3) is 6.16. The fraction of sp³-hybridized carbons (Fsp3) is 0.500. The fourth-order valence-corrected chi connectivity index (χ4v) is 3.27. The highest BCUT2D eigenvalue weighted by atomic mass is 32.1. The summed E-state index contributed by atoms with van der Waals surface area (Å²) >= 11 is 1.58. The van der Waals surface area contributed by atoms with Crippen molar-refractivity contribution >= 4 is 17.2 Å². The number of nitrogens with zero attached hydrogens (tertiary/aromatic N) is 2. The second-order valence-corrected chi connectivity index (χ2v) is 8.05. The second-order valence-electron chi connectivity index (χ2n) is 7.11. The van der Waals surface area contributed by atoms with E-state index in [1.807, 2.05) is 55.3 Å². The van der Waals surface area contributed by atoms with E-state index in [4.69, 9.17) is 4.74 Å². The van der Waals surface area contributed by atoms with Crippen LogP contribution in [0.3, 0.4) is 0 Å². The van der Waals surface area contributed by atoms with Gasteiger partial charge in [-0.3, -0.25) is 4.79 Å². The summed E-state index contributed by atoms with van der Waals surface area (Å²) in [6.45, 7) is 12.0. The van der Waals surface area contributed by atoms with Gasteiger partial charge in [0.15, 0.2) is 0 Å². The Morgan fingerprint density at radius 3 is 2.68 bits per heavy atom. The van der Waals surface area contributed by atoms with Crippen LogP contribution in [0.2, 0.25) is 0 Å². The molecule has 1 amide bonds. The number of hydrogen-bond acceptors (Lipinski definition) is 4. The van der Waals surface area contributed by atoms with Crippen LogP contribution < -0.4 is 4.74 Å². The lowest BCUT2D eigenvalue weighted by Crippen LogP contribution is -2.36. The van der Waals surface area contributed by atoms with Crippen LogP contribution in [0.5, 0.6) is 5.75 Å². The summed E-state index contributed by atoms with van der Waals surface area (Å²) in [5, 5.41) is 2.95. The van der Waals surface area contributed by atoms with Gasteiger partial charge in [-0.15, -0.1) is 11.3 Å². The third-order valence-electron chi connectivity index (χ3n) is 3.70. The minimum absolute atomic E-state index is 0.00140. The molecule has 1 heterocycles. The molecule has 0 atom stereocenters. The number of rotatable bonds is 8. The van der Waals surface area contributed by atoms with E-state index < -0.39 is 0 Å². The van der Waals surface area contributed by atoms with Gasteiger partial charge < -0.3 is 9.64 Å². The van der Waals surface area contributed by atoms with Crippen LogP contribution in [0, 0.1) is 18.8 Å². The molecule has 2 rings (SSSR count). The molecule has 25 heavy (non-hydrogen) atoms. The van der Waals surface area contributed by atoms with Gasteiger partial charge >= 0.3 is 0 Å².